The molecule has 12 rings (SSSR count). The summed E-state index contributed by atoms with van der Waals surface area (Å²) < 4.78 is 89.2. The number of nitrogens with two attached hydrogens (primary N) is 1. The van der Waals surface area contributed by atoms with Crippen LogP contribution in [0.15, 0.2) is 79.5 Å². The first-order chi connectivity index (χ1) is 45.0. The van der Waals surface area contributed by atoms with E-state index in [1.165, 1.54) is 75.7 Å². The number of hydrogen-bond acceptors (Lipinski definition) is 14. The molecule has 2 aromatic carbocycles. The van der Waals surface area contributed by atoms with Crippen molar-refractivity contribution in [1.29, 1.82) is 0 Å². The average Bonchev–Trinajstić information content (AvgIpc) is 1.74. The number of carboxylic acid groups (broad SMARTS) is 1. The van der Waals surface area contributed by atoms with Crippen molar-refractivity contribution in [3.8, 4) is 11.1 Å². The Morgan fingerprint density at radius 2 is 1.21 bits per heavy atom. The van der Waals surface area contributed by atoms with Gasteiger partial charge in [-0.3, -0.25) is 33.8 Å². The number of primary amides is 1. The molecule has 20 nitrogen and oxygen atoms in total. The highest BCUT2D eigenvalue weighted by Crippen LogP contribution is 2.42. The number of amides is 1. The smallest absolute Gasteiger partial charge is 0.452 e. The number of H-pyrrole nitrogens is 1. The number of methoxy groups -OCH3 is 2. The Kier molecular flexibility index (Phi) is 28.9. The number of nitrogens with zero attached hydrogens (tertiary/aromatic N) is 8. The molecule has 5 heterocycles. The molecule has 5 aliphatic carbocycles. The summed E-state index contributed by atoms with van der Waals surface area (Å²) in [7, 11) is 2.76. The van der Waals surface area contributed by atoms with Crippen LogP contribution >= 0.6 is 47.8 Å². The van der Waals surface area contributed by atoms with E-state index < -0.39 is 50.9 Å². The molecule has 0 bridgehead atoms. The highest BCUT2D eigenvalue weighted by atomic mass is 79.9. The molecule has 29 heteroatoms. The largest absolute Gasteiger partial charge is 0.480 e. The van der Waals surface area contributed by atoms with Crippen molar-refractivity contribution in [3.63, 3.8) is 0 Å². The van der Waals surface area contributed by atoms with Gasteiger partial charge in [0.05, 0.1) is 49.1 Å². The summed E-state index contributed by atoms with van der Waals surface area (Å²) in [5.74, 6) is -0.143. The van der Waals surface area contributed by atoms with Crippen molar-refractivity contribution in [2.75, 3.05) is 19.5 Å². The molecule has 5 aliphatic rings. The lowest BCUT2D eigenvalue weighted by Gasteiger charge is -2.20. The number of aldehydes is 1. The van der Waals surface area contributed by atoms with Crippen LogP contribution < -0.4 is 5.73 Å². The predicted octanol–water partition coefficient (Wildman–Crippen LogP) is 13.0. The van der Waals surface area contributed by atoms with E-state index in [0.29, 0.717) is 46.1 Å². The Morgan fingerprint density at radius 3 is 1.59 bits per heavy atom. The maximum atomic E-state index is 14.2. The zero-order valence-electron chi connectivity index (χ0n) is 53.1. The summed E-state index contributed by atoms with van der Waals surface area (Å²) >= 11 is 7.75. The Labute approximate surface area is 570 Å². The van der Waals surface area contributed by atoms with Gasteiger partial charge in [0.15, 0.2) is 5.78 Å². The Morgan fingerprint density at radius 1 is 0.705 bits per heavy atom. The van der Waals surface area contributed by atoms with Crippen molar-refractivity contribution in [3.05, 3.63) is 160 Å². The Hall–Kier alpha value is -7.66. The topological polar surface area (TPSA) is 279 Å². The van der Waals surface area contributed by atoms with E-state index in [1.807, 2.05) is 61.6 Å². The number of halogens is 9. The van der Waals surface area contributed by atoms with Gasteiger partial charge in [-0.25, -0.2) is 33.1 Å². The summed E-state index contributed by atoms with van der Waals surface area (Å²) in [5, 5.41) is 8.94. The molecule has 1 amide bonds. The number of esters is 2. The second kappa shape index (κ2) is 35.9. The van der Waals surface area contributed by atoms with Crippen molar-refractivity contribution in [1.82, 2.24) is 43.6 Å². The lowest BCUT2D eigenvalue weighted by molar-refractivity contribution is -0.168. The number of alkyl halides is 6. The molecular weight excluding hydrogens is 1450 g/mol. The van der Waals surface area contributed by atoms with Crippen LogP contribution in [-0.4, -0.2) is 120 Å². The van der Waals surface area contributed by atoms with E-state index in [9.17, 15) is 59.9 Å². The lowest BCUT2D eigenvalue weighted by Crippen LogP contribution is -2.27. The number of carbonyl (C=O) groups excluding carboxylic acids is 6. The number of aromatic nitrogens is 9. The monoisotopic (exact) mass is 1520 g/mol. The number of aryl methyl sites for hydroxylation is 4. The number of rotatable bonds is 20. The first-order valence-electron chi connectivity index (χ1n) is 30.4. The fourth-order valence-electron chi connectivity index (χ4n) is 9.51. The number of ketones is 2. The minimum Gasteiger partial charge on any atom is -0.480 e. The van der Waals surface area contributed by atoms with Crippen LogP contribution in [0.5, 0.6) is 0 Å². The molecule has 0 saturated heterocycles. The molecule has 0 spiro atoms. The molecule has 5 fully saturated rings. The third-order valence-electron chi connectivity index (χ3n) is 14.8. The van der Waals surface area contributed by atoms with E-state index in [2.05, 4.69) is 87.2 Å². The van der Waals surface area contributed by atoms with E-state index in [4.69, 9.17) is 10.8 Å². The predicted molar refractivity (Wildman–Crippen MR) is 350 cm³/mol. The summed E-state index contributed by atoms with van der Waals surface area (Å²) in [5.41, 5.74) is 10.9. The van der Waals surface area contributed by atoms with E-state index in [1.54, 1.807) is 22.9 Å². The maximum absolute atomic E-state index is 14.2. The second-order valence-electron chi connectivity index (χ2n) is 23.4. The van der Waals surface area contributed by atoms with Crippen LogP contribution in [0.1, 0.15) is 168 Å². The van der Waals surface area contributed by atoms with E-state index in [-0.39, 0.29) is 61.1 Å². The standard InChI is InChI=1S/C30H27F3N4O2.C10H14N2O2.C9H12N2O2.C7H10N2.C4H6O.C3HBr2F3O.C3H5BrO2/c1-17-15-37(30(36-17)19-4-5-19)16-24(38)12-21(9-18-10-22(31)14-23(32)11-18)28-25(3-2-8-35-28)20-6-7-27(33)26(13-20)29(34)39;1-7-5-12(6-9(13)14-2)10(11-7)8-3-4-8;1-6-4-11(5-8(12)13)9(10-6)7-2-3-7;1-5-4-8-7(9-5)6-2-3-6;5-3-4-1-2-4;4-2(5)1(9)3(6,7)8;1-6-3(5)2-4/h2-3,6-8,10-11,13-15,19,21H,4-5,9,12,16H2,1H3,(H2,34,39);5,8H,3-4,6H2,1-2H3;4,7H,2-3,5H2,1H3,(H,12,13);4,6H,2-3H2,1H3,(H,8,9);3-4H,1-2H2;2H;2H2,1H3/t21-;;;;;;/m1....../s1. The number of imidazole rings is 4. The number of ether oxygens (including phenoxy) is 2. The number of pyridine rings is 1. The van der Waals surface area contributed by atoms with Gasteiger partial charge in [-0.05, 0) is 140 Å². The highest BCUT2D eigenvalue weighted by Gasteiger charge is 2.41. The van der Waals surface area contributed by atoms with Crippen LogP contribution in [0.25, 0.3) is 11.1 Å². The lowest BCUT2D eigenvalue weighted by atomic mass is 9.86. The number of carboxylic acids is 1. The fraction of sp³-hybridized carbons (Fsp3) is 0.455. The second-order valence-corrected chi connectivity index (χ2v) is 27.0. The van der Waals surface area contributed by atoms with Crippen molar-refractivity contribution in [2.45, 2.75) is 164 Å². The Bertz CT molecular complexity index is 3750. The summed E-state index contributed by atoms with van der Waals surface area (Å²) in [6.07, 6.45) is 17.2. The molecule has 5 saturated carbocycles. The normalized spacial score (nSPS) is 14.7. The molecule has 512 valence electrons. The minimum atomic E-state index is -4.75. The fourth-order valence-corrected chi connectivity index (χ4v) is 10.3. The van der Waals surface area contributed by atoms with Gasteiger partial charge in [-0.15, -0.1) is 0 Å². The number of Topliss-reactive ketones (excluding diaryl/α,β-unsaturated/α-hetero) is 2. The van der Waals surface area contributed by atoms with Crippen LogP contribution in [-0.2, 0) is 64.3 Å². The van der Waals surface area contributed by atoms with Crippen LogP contribution in [0.2, 0.25) is 0 Å². The number of benzene rings is 2. The first kappa shape index (κ1) is 76.4. The molecule has 4 N–H and O–H groups in total. The number of aliphatic carboxylic acids is 1. The molecule has 95 heavy (non-hydrogen) atoms. The van der Waals surface area contributed by atoms with Gasteiger partial charge in [-0.2, -0.15) is 13.2 Å². The van der Waals surface area contributed by atoms with Crippen molar-refractivity contribution < 1.29 is 74.5 Å². The molecule has 0 radical (unpaired) electrons. The zero-order valence-corrected chi connectivity index (χ0v) is 57.9. The highest BCUT2D eigenvalue weighted by molar-refractivity contribution is 9.25. The third-order valence-corrected chi connectivity index (χ3v) is 16.0. The van der Waals surface area contributed by atoms with Gasteiger partial charge < -0.3 is 43.8 Å². The van der Waals surface area contributed by atoms with Crippen LogP contribution in [0.4, 0.5) is 26.3 Å². The number of carbonyl (C=O) groups is 7. The van der Waals surface area contributed by atoms with Gasteiger partial charge in [0.25, 0.3) is 11.7 Å². The van der Waals surface area contributed by atoms with Gasteiger partial charge in [0.1, 0.15) is 69.2 Å². The van der Waals surface area contributed by atoms with Crippen molar-refractivity contribution in [2.24, 2.45) is 11.7 Å². The third kappa shape index (κ3) is 25.8. The quantitative estimate of drug-likeness (QED) is 0.0277. The first-order valence-corrected chi connectivity index (χ1v) is 33.4. The minimum absolute atomic E-state index is 0.0344. The molecule has 0 aliphatic heterocycles. The molecular formula is C66H75Br3F6N10O10. The summed E-state index contributed by atoms with van der Waals surface area (Å²) in [4.78, 5) is 102. The van der Waals surface area contributed by atoms with Gasteiger partial charge in [-0.1, -0.05) is 59.9 Å². The maximum Gasteiger partial charge on any atom is 0.452 e. The Balaban J connectivity index is 0.000000206. The zero-order chi connectivity index (χ0) is 69.8. The van der Waals surface area contributed by atoms with Crippen molar-refractivity contribution >= 4 is 89.5 Å². The molecule has 7 aromatic rings. The van der Waals surface area contributed by atoms with Gasteiger partial charge >= 0.3 is 24.1 Å². The summed E-state index contributed by atoms with van der Waals surface area (Å²) in [6, 6.07) is 10.7. The summed E-state index contributed by atoms with van der Waals surface area (Å²) in [6.45, 7) is 8.20. The van der Waals surface area contributed by atoms with Gasteiger partial charge in [0, 0.05) is 90.2 Å². The number of aromatic amines is 1. The SMILES string of the molecule is COC(=O)CBr.COC(=O)Cn1cc(C)nc1C1CC1.Cc1cn(CC(=O)C[C@@H](Cc2cc(F)cc(F)c2)c2ncccc2-c2ccc(F)c(C(N)=O)c2)c(C2CC2)n1.Cc1cn(CC(=O)O)c(C2CC2)n1.Cc1cnc(C2CC2)[nH]1.O=C(C(Br)Br)C(F)(F)F.O=CC1CC1. The van der Waals surface area contributed by atoms with Crippen LogP contribution in [0.3, 0.4) is 0 Å². The average molecular weight is 1520 g/mol. The number of hydrogen-bond donors (Lipinski definition) is 3. The van der Waals surface area contributed by atoms with Crippen LogP contribution in [0, 0.1) is 51.1 Å². The molecule has 0 unspecified atom stereocenters. The molecule has 5 aromatic heterocycles. The van der Waals surface area contributed by atoms with E-state index in [0.717, 1.165) is 97.4 Å². The molecule has 1 atom stereocenters. The van der Waals surface area contributed by atoms with Gasteiger partial charge in [0.2, 0.25) is 0 Å². The van der Waals surface area contributed by atoms with E-state index >= 15 is 0 Å². The number of nitrogens with one attached hydrogen (secondary N) is 1.